The van der Waals surface area contributed by atoms with Crippen molar-refractivity contribution < 1.29 is 9.59 Å². The second kappa shape index (κ2) is 7.96. The van der Waals surface area contributed by atoms with E-state index in [1.165, 1.54) is 30.6 Å². The maximum absolute atomic E-state index is 12.4. The fraction of sp³-hybridized carbons (Fsp3) is 0.706. The Balaban J connectivity index is 1.41. The number of amides is 3. The number of carbonyl (C=O) groups excluding carboxylic acids is 2. The molecule has 1 aliphatic heterocycles. The van der Waals surface area contributed by atoms with Crippen LogP contribution in [-0.2, 0) is 0 Å². The lowest BCUT2D eigenvalue weighted by Crippen LogP contribution is -2.51. The minimum Gasteiger partial charge on any atom is -0.337 e. The van der Waals surface area contributed by atoms with Gasteiger partial charge in [-0.25, -0.2) is 9.78 Å². The molecule has 1 aromatic rings. The number of thiazole rings is 1. The standard InChI is InChI=1S/C17H26N4O2S/c1-12-18-15(11-24-12)16(22)21-9-7-14(8-10-21)20-17(23)19-13-5-3-2-4-6-13/h11,13-14H,2-10H2,1H3,(H2,19,20,23). The van der Waals surface area contributed by atoms with E-state index in [0.29, 0.717) is 24.8 Å². The number of nitrogens with zero attached hydrogens (tertiary/aromatic N) is 2. The third-order valence-electron chi connectivity index (χ3n) is 4.90. The second-order valence-corrected chi connectivity index (χ2v) is 7.83. The van der Waals surface area contributed by atoms with Crippen LogP contribution >= 0.6 is 11.3 Å². The van der Waals surface area contributed by atoms with Crippen molar-refractivity contribution in [3.63, 3.8) is 0 Å². The lowest BCUT2D eigenvalue weighted by atomic mass is 9.96. The number of urea groups is 1. The molecule has 2 N–H and O–H groups in total. The van der Waals surface area contributed by atoms with E-state index in [-0.39, 0.29) is 18.0 Å². The average Bonchev–Trinajstić information content (AvgIpc) is 3.02. The molecule has 3 amide bonds. The van der Waals surface area contributed by atoms with Crippen LogP contribution in [0.5, 0.6) is 0 Å². The third-order valence-corrected chi connectivity index (χ3v) is 5.67. The minimum atomic E-state index is -0.0539. The Bertz CT molecular complexity index is 575. The lowest BCUT2D eigenvalue weighted by Gasteiger charge is -2.32. The fourth-order valence-corrected chi connectivity index (χ4v) is 4.10. The van der Waals surface area contributed by atoms with Crippen molar-refractivity contribution in [2.75, 3.05) is 13.1 Å². The summed E-state index contributed by atoms with van der Waals surface area (Å²) in [6.45, 7) is 3.25. The van der Waals surface area contributed by atoms with Crippen LogP contribution in [0.3, 0.4) is 0 Å². The number of piperidine rings is 1. The Hall–Kier alpha value is -1.63. The number of aryl methyl sites for hydroxylation is 1. The molecule has 0 spiro atoms. The van der Waals surface area contributed by atoms with Gasteiger partial charge in [-0.3, -0.25) is 4.79 Å². The Kier molecular flexibility index (Phi) is 5.71. The molecule has 0 atom stereocenters. The molecule has 2 heterocycles. The normalized spacial score (nSPS) is 20.0. The van der Waals surface area contributed by atoms with Gasteiger partial charge in [0, 0.05) is 30.6 Å². The van der Waals surface area contributed by atoms with Gasteiger partial charge in [-0.15, -0.1) is 11.3 Å². The number of hydrogen-bond donors (Lipinski definition) is 2. The molecular weight excluding hydrogens is 324 g/mol. The summed E-state index contributed by atoms with van der Waals surface area (Å²) in [6, 6.07) is 0.421. The van der Waals surface area contributed by atoms with Crippen molar-refractivity contribution in [3.8, 4) is 0 Å². The number of likely N-dealkylation sites (tertiary alicyclic amines) is 1. The molecule has 0 radical (unpaired) electrons. The Morgan fingerprint density at radius 2 is 1.71 bits per heavy atom. The summed E-state index contributed by atoms with van der Waals surface area (Å²) in [7, 11) is 0. The molecule has 24 heavy (non-hydrogen) atoms. The lowest BCUT2D eigenvalue weighted by molar-refractivity contribution is 0.0703. The van der Waals surface area contributed by atoms with Crippen LogP contribution in [0.4, 0.5) is 4.79 Å². The highest BCUT2D eigenvalue weighted by Gasteiger charge is 2.26. The third kappa shape index (κ3) is 4.47. The predicted molar refractivity (Wildman–Crippen MR) is 94.3 cm³/mol. The molecule has 0 aromatic carbocycles. The first-order chi connectivity index (χ1) is 11.6. The topological polar surface area (TPSA) is 74.3 Å². The van der Waals surface area contributed by atoms with Gasteiger partial charge in [0.2, 0.25) is 0 Å². The Morgan fingerprint density at radius 3 is 2.29 bits per heavy atom. The van der Waals surface area contributed by atoms with E-state index >= 15 is 0 Å². The summed E-state index contributed by atoms with van der Waals surface area (Å²) in [6.07, 6.45) is 7.48. The first-order valence-corrected chi connectivity index (χ1v) is 9.78. The van der Waals surface area contributed by atoms with Gasteiger partial charge in [0.1, 0.15) is 5.69 Å². The minimum absolute atomic E-state index is 0.00413. The van der Waals surface area contributed by atoms with E-state index in [2.05, 4.69) is 15.6 Å². The van der Waals surface area contributed by atoms with E-state index in [1.807, 2.05) is 17.2 Å². The van der Waals surface area contributed by atoms with Crippen LogP contribution in [0.15, 0.2) is 5.38 Å². The van der Waals surface area contributed by atoms with Crippen molar-refractivity contribution in [1.29, 1.82) is 0 Å². The number of carbonyl (C=O) groups is 2. The first kappa shape index (κ1) is 17.2. The van der Waals surface area contributed by atoms with Gasteiger partial charge >= 0.3 is 6.03 Å². The molecule has 0 bridgehead atoms. The van der Waals surface area contributed by atoms with E-state index in [0.717, 1.165) is 30.7 Å². The fourth-order valence-electron chi connectivity index (χ4n) is 3.51. The van der Waals surface area contributed by atoms with Crippen molar-refractivity contribution in [2.24, 2.45) is 0 Å². The first-order valence-electron chi connectivity index (χ1n) is 8.90. The Labute approximate surface area is 147 Å². The predicted octanol–water partition coefficient (Wildman–Crippen LogP) is 2.69. The van der Waals surface area contributed by atoms with Crippen molar-refractivity contribution in [1.82, 2.24) is 20.5 Å². The molecule has 1 aliphatic carbocycles. The van der Waals surface area contributed by atoms with Crippen molar-refractivity contribution in [2.45, 2.75) is 64.0 Å². The number of aromatic nitrogens is 1. The van der Waals surface area contributed by atoms with Gasteiger partial charge in [0.05, 0.1) is 5.01 Å². The summed E-state index contributed by atoms with van der Waals surface area (Å²) in [4.78, 5) is 30.6. The largest absolute Gasteiger partial charge is 0.337 e. The highest BCUT2D eigenvalue weighted by atomic mass is 32.1. The molecule has 6 nitrogen and oxygen atoms in total. The SMILES string of the molecule is Cc1nc(C(=O)N2CCC(NC(=O)NC3CCCCC3)CC2)cs1. The average molecular weight is 350 g/mol. The van der Waals surface area contributed by atoms with Gasteiger partial charge < -0.3 is 15.5 Å². The molecule has 1 saturated heterocycles. The van der Waals surface area contributed by atoms with E-state index < -0.39 is 0 Å². The molecule has 132 valence electrons. The monoisotopic (exact) mass is 350 g/mol. The van der Waals surface area contributed by atoms with E-state index in [4.69, 9.17) is 0 Å². The van der Waals surface area contributed by atoms with Gasteiger partial charge in [-0.2, -0.15) is 0 Å². The molecule has 1 aromatic heterocycles. The molecular formula is C17H26N4O2S. The van der Waals surface area contributed by atoms with Crippen LogP contribution in [0.25, 0.3) is 0 Å². The highest BCUT2D eigenvalue weighted by molar-refractivity contribution is 7.09. The summed E-state index contributed by atoms with van der Waals surface area (Å²) >= 11 is 1.50. The van der Waals surface area contributed by atoms with Gasteiger partial charge in [-0.1, -0.05) is 19.3 Å². The van der Waals surface area contributed by atoms with Crippen molar-refractivity contribution >= 4 is 23.3 Å². The molecule has 1 saturated carbocycles. The second-order valence-electron chi connectivity index (χ2n) is 6.77. The van der Waals surface area contributed by atoms with Crippen LogP contribution in [0.1, 0.15) is 60.4 Å². The van der Waals surface area contributed by atoms with Crippen LogP contribution in [0.2, 0.25) is 0 Å². The number of rotatable bonds is 3. The van der Waals surface area contributed by atoms with Crippen LogP contribution in [-0.4, -0.2) is 47.0 Å². The Morgan fingerprint density at radius 1 is 1.08 bits per heavy atom. The zero-order valence-electron chi connectivity index (χ0n) is 14.2. The van der Waals surface area contributed by atoms with Gasteiger partial charge in [0.15, 0.2) is 0 Å². The highest BCUT2D eigenvalue weighted by Crippen LogP contribution is 2.18. The molecule has 3 rings (SSSR count). The van der Waals surface area contributed by atoms with Gasteiger partial charge in [0.25, 0.3) is 5.91 Å². The van der Waals surface area contributed by atoms with E-state index in [1.54, 1.807) is 0 Å². The smallest absolute Gasteiger partial charge is 0.315 e. The molecule has 2 aliphatic rings. The zero-order valence-corrected chi connectivity index (χ0v) is 15.0. The quantitative estimate of drug-likeness (QED) is 0.880. The van der Waals surface area contributed by atoms with Gasteiger partial charge in [-0.05, 0) is 32.6 Å². The van der Waals surface area contributed by atoms with Crippen LogP contribution < -0.4 is 10.6 Å². The summed E-state index contributed by atoms with van der Waals surface area (Å²) in [5.41, 5.74) is 0.541. The van der Waals surface area contributed by atoms with Crippen LogP contribution in [0, 0.1) is 6.92 Å². The molecule has 0 unspecified atom stereocenters. The maximum atomic E-state index is 12.4. The van der Waals surface area contributed by atoms with E-state index in [9.17, 15) is 9.59 Å². The number of hydrogen-bond acceptors (Lipinski definition) is 4. The summed E-state index contributed by atoms with van der Waals surface area (Å²) < 4.78 is 0. The maximum Gasteiger partial charge on any atom is 0.315 e. The summed E-state index contributed by atoms with van der Waals surface area (Å²) in [5.74, 6) is 0.00413. The number of nitrogens with one attached hydrogen (secondary N) is 2. The molecule has 7 heteroatoms. The van der Waals surface area contributed by atoms with Crippen molar-refractivity contribution in [3.05, 3.63) is 16.1 Å². The zero-order chi connectivity index (χ0) is 16.9. The molecule has 2 fully saturated rings. The summed E-state index contributed by atoms with van der Waals surface area (Å²) in [5, 5.41) is 8.89.